The molecule has 1 aliphatic heterocycles. The summed E-state index contributed by atoms with van der Waals surface area (Å²) in [4.78, 5) is 14.5. The van der Waals surface area contributed by atoms with E-state index in [0.717, 1.165) is 24.4 Å². The lowest BCUT2D eigenvalue weighted by atomic mass is 10.2. The number of methoxy groups -OCH3 is 1. The first-order valence-corrected chi connectivity index (χ1v) is 8.21. The fourth-order valence-corrected chi connectivity index (χ4v) is 3.19. The highest BCUT2D eigenvalue weighted by atomic mass is 16.5. The van der Waals surface area contributed by atoms with Gasteiger partial charge in [0.1, 0.15) is 18.1 Å². The number of nitrogens with zero attached hydrogens (tertiary/aromatic N) is 4. The molecule has 2 amide bonds. The fourth-order valence-electron chi connectivity index (χ4n) is 3.19. The molecule has 8 nitrogen and oxygen atoms in total. The zero-order valence-electron chi connectivity index (χ0n) is 13.9. The third kappa shape index (κ3) is 2.96. The Bertz CT molecular complexity index is 887. The van der Waals surface area contributed by atoms with Crippen molar-refractivity contribution in [1.29, 1.82) is 0 Å². The Morgan fingerprint density at radius 2 is 2.28 bits per heavy atom. The van der Waals surface area contributed by atoms with Crippen LogP contribution in [0.15, 0.2) is 40.9 Å². The van der Waals surface area contributed by atoms with Gasteiger partial charge in [0.25, 0.3) is 0 Å². The van der Waals surface area contributed by atoms with E-state index in [2.05, 4.69) is 15.5 Å². The second-order valence-corrected chi connectivity index (χ2v) is 5.97. The number of ether oxygens (including phenoxy) is 1. The van der Waals surface area contributed by atoms with Crippen LogP contribution in [0.25, 0.3) is 5.65 Å². The van der Waals surface area contributed by atoms with E-state index < -0.39 is 0 Å². The van der Waals surface area contributed by atoms with Crippen LogP contribution < -0.4 is 5.32 Å². The first kappa shape index (κ1) is 15.6. The Morgan fingerprint density at radius 3 is 3.16 bits per heavy atom. The molecule has 4 heterocycles. The number of aromatic nitrogens is 3. The van der Waals surface area contributed by atoms with Crippen molar-refractivity contribution in [3.63, 3.8) is 0 Å². The molecule has 0 saturated carbocycles. The number of anilines is 1. The van der Waals surface area contributed by atoms with Crippen LogP contribution in [-0.4, -0.2) is 39.2 Å². The lowest BCUT2D eigenvalue weighted by molar-refractivity contribution is 0.157. The highest BCUT2D eigenvalue weighted by molar-refractivity contribution is 5.88. The first-order chi connectivity index (χ1) is 12.3. The number of carbonyl (C=O) groups excluding carboxylic acids is 1. The van der Waals surface area contributed by atoms with E-state index in [1.165, 1.54) is 0 Å². The molecule has 0 unspecified atom stereocenters. The Hall–Kier alpha value is -2.87. The van der Waals surface area contributed by atoms with Gasteiger partial charge < -0.3 is 14.1 Å². The van der Waals surface area contributed by atoms with Crippen LogP contribution in [0.3, 0.4) is 0 Å². The highest BCUT2D eigenvalue weighted by Gasteiger charge is 2.32. The zero-order valence-corrected chi connectivity index (χ0v) is 13.9. The number of nitrogens with one attached hydrogen (secondary N) is 1. The van der Waals surface area contributed by atoms with Crippen LogP contribution in [-0.2, 0) is 11.3 Å². The van der Waals surface area contributed by atoms with Crippen LogP contribution >= 0.6 is 0 Å². The molecular formula is C17H19N5O3. The molecule has 0 aromatic carbocycles. The molecule has 0 bridgehead atoms. The van der Waals surface area contributed by atoms with Crippen molar-refractivity contribution in [2.75, 3.05) is 19.0 Å². The predicted molar refractivity (Wildman–Crippen MR) is 90.1 cm³/mol. The van der Waals surface area contributed by atoms with Gasteiger partial charge in [-0.3, -0.25) is 9.72 Å². The summed E-state index contributed by atoms with van der Waals surface area (Å²) in [7, 11) is 1.63. The molecule has 1 atom stereocenters. The second kappa shape index (κ2) is 6.56. The minimum atomic E-state index is -0.203. The Kier molecular flexibility index (Phi) is 4.10. The largest absolute Gasteiger partial charge is 0.461 e. The third-order valence-electron chi connectivity index (χ3n) is 4.34. The molecule has 1 saturated heterocycles. The fraction of sp³-hybridized carbons (Fsp3) is 0.353. The average molecular weight is 341 g/mol. The molecule has 4 rings (SSSR count). The summed E-state index contributed by atoms with van der Waals surface area (Å²) in [6.07, 6.45) is 3.61. The lowest BCUT2D eigenvalue weighted by Gasteiger charge is -2.23. The number of amides is 2. The van der Waals surface area contributed by atoms with E-state index in [0.29, 0.717) is 24.7 Å². The van der Waals surface area contributed by atoms with E-state index in [1.807, 2.05) is 36.5 Å². The Morgan fingerprint density at radius 1 is 1.36 bits per heavy atom. The van der Waals surface area contributed by atoms with Crippen LogP contribution in [0.1, 0.15) is 30.4 Å². The maximum atomic E-state index is 12.7. The molecular weight excluding hydrogens is 322 g/mol. The normalized spacial score (nSPS) is 17.3. The van der Waals surface area contributed by atoms with Gasteiger partial charge in [0, 0.05) is 19.9 Å². The molecule has 0 radical (unpaired) electrons. The van der Waals surface area contributed by atoms with E-state index in [-0.39, 0.29) is 12.1 Å². The number of pyridine rings is 1. The molecule has 1 fully saturated rings. The summed E-state index contributed by atoms with van der Waals surface area (Å²) in [5.41, 5.74) is 0.686. The number of carbonyl (C=O) groups is 1. The van der Waals surface area contributed by atoms with Crippen LogP contribution in [0.4, 0.5) is 10.7 Å². The van der Waals surface area contributed by atoms with Gasteiger partial charge in [0.05, 0.1) is 6.04 Å². The number of rotatable bonds is 4. The molecule has 1 N–H and O–H groups in total. The first-order valence-electron chi connectivity index (χ1n) is 8.21. The van der Waals surface area contributed by atoms with Gasteiger partial charge in [-0.2, -0.15) is 0 Å². The molecule has 3 aromatic heterocycles. The molecule has 0 spiro atoms. The summed E-state index contributed by atoms with van der Waals surface area (Å²) in [5.74, 6) is 1.95. The number of likely N-dealkylation sites (tertiary alicyclic amines) is 1. The van der Waals surface area contributed by atoms with E-state index in [1.54, 1.807) is 16.4 Å². The van der Waals surface area contributed by atoms with Crippen LogP contribution in [0, 0.1) is 0 Å². The molecule has 25 heavy (non-hydrogen) atoms. The standard InChI is InChI=1S/C17H19N5O3/c1-24-11-12-7-8-14(25-12)13-5-4-10-21(13)17(23)18-16-20-19-15-6-2-3-9-22(15)16/h2-3,6-9,13H,4-5,10-11H2,1H3,(H,18,20,23)/t13-/m1/s1. The monoisotopic (exact) mass is 341 g/mol. The van der Waals surface area contributed by atoms with Crippen molar-refractivity contribution in [2.45, 2.75) is 25.5 Å². The number of hydrogen-bond acceptors (Lipinski definition) is 5. The van der Waals surface area contributed by atoms with Crippen molar-refractivity contribution in [1.82, 2.24) is 19.5 Å². The number of urea groups is 1. The quantitative estimate of drug-likeness (QED) is 0.789. The van der Waals surface area contributed by atoms with Gasteiger partial charge in [-0.15, -0.1) is 10.2 Å². The summed E-state index contributed by atoms with van der Waals surface area (Å²) in [5, 5.41) is 10.9. The minimum Gasteiger partial charge on any atom is -0.461 e. The van der Waals surface area contributed by atoms with Gasteiger partial charge in [-0.25, -0.2) is 4.79 Å². The molecule has 130 valence electrons. The van der Waals surface area contributed by atoms with E-state index in [9.17, 15) is 4.79 Å². The minimum absolute atomic E-state index is 0.0789. The molecule has 0 aliphatic carbocycles. The van der Waals surface area contributed by atoms with Crippen molar-refractivity contribution in [2.24, 2.45) is 0 Å². The van der Waals surface area contributed by atoms with Crippen LogP contribution in [0.2, 0.25) is 0 Å². The zero-order chi connectivity index (χ0) is 17.2. The van der Waals surface area contributed by atoms with Gasteiger partial charge >= 0.3 is 6.03 Å². The third-order valence-corrected chi connectivity index (χ3v) is 4.34. The van der Waals surface area contributed by atoms with Gasteiger partial charge in [0.15, 0.2) is 5.65 Å². The van der Waals surface area contributed by atoms with Gasteiger partial charge in [-0.1, -0.05) is 6.07 Å². The summed E-state index contributed by atoms with van der Waals surface area (Å²) in [6, 6.07) is 9.10. The predicted octanol–water partition coefficient (Wildman–Crippen LogP) is 2.84. The number of fused-ring (bicyclic) bond motifs is 1. The Balaban J connectivity index is 1.52. The summed E-state index contributed by atoms with van der Waals surface area (Å²) < 4.78 is 12.6. The number of hydrogen-bond donors (Lipinski definition) is 1. The van der Waals surface area contributed by atoms with Crippen molar-refractivity contribution >= 4 is 17.6 Å². The van der Waals surface area contributed by atoms with Crippen molar-refractivity contribution < 1.29 is 13.9 Å². The topological polar surface area (TPSA) is 84.9 Å². The van der Waals surface area contributed by atoms with Crippen LogP contribution in [0.5, 0.6) is 0 Å². The molecule has 1 aliphatic rings. The van der Waals surface area contributed by atoms with Gasteiger partial charge in [0.2, 0.25) is 5.95 Å². The summed E-state index contributed by atoms with van der Waals surface area (Å²) in [6.45, 7) is 1.10. The lowest BCUT2D eigenvalue weighted by Crippen LogP contribution is -2.34. The van der Waals surface area contributed by atoms with E-state index >= 15 is 0 Å². The SMILES string of the molecule is COCc1ccc([C@H]2CCCN2C(=O)Nc2nnc3ccccn23)o1. The smallest absolute Gasteiger partial charge is 0.324 e. The maximum absolute atomic E-state index is 12.7. The van der Waals surface area contributed by atoms with Crippen molar-refractivity contribution in [3.8, 4) is 0 Å². The summed E-state index contributed by atoms with van der Waals surface area (Å²) >= 11 is 0. The Labute approximate surface area is 144 Å². The van der Waals surface area contributed by atoms with E-state index in [4.69, 9.17) is 9.15 Å². The number of furan rings is 1. The maximum Gasteiger partial charge on any atom is 0.324 e. The molecule has 8 heteroatoms. The van der Waals surface area contributed by atoms with Crippen molar-refractivity contribution in [3.05, 3.63) is 48.0 Å². The highest BCUT2D eigenvalue weighted by Crippen LogP contribution is 2.33. The molecule has 3 aromatic rings. The average Bonchev–Trinajstić information content (AvgIpc) is 3.34. The second-order valence-electron chi connectivity index (χ2n) is 5.97. The van der Waals surface area contributed by atoms with Gasteiger partial charge in [-0.05, 0) is 37.1 Å².